The molecule has 4 aromatic rings. The van der Waals surface area contributed by atoms with Crippen LogP contribution in [0.2, 0.25) is 0 Å². The molecule has 2 heterocycles. The van der Waals surface area contributed by atoms with Crippen molar-refractivity contribution in [3.05, 3.63) is 52.9 Å². The third-order valence-electron chi connectivity index (χ3n) is 3.51. The summed E-state index contributed by atoms with van der Waals surface area (Å²) in [6.07, 6.45) is 0. The van der Waals surface area contributed by atoms with Crippen LogP contribution in [0, 0.1) is 0 Å². The predicted octanol–water partition coefficient (Wildman–Crippen LogP) is 1.24. The quantitative estimate of drug-likeness (QED) is 0.529. The van der Waals surface area contributed by atoms with Crippen LogP contribution in [0.1, 0.15) is 0 Å². The van der Waals surface area contributed by atoms with Crippen molar-refractivity contribution in [3.8, 4) is 0 Å². The Labute approximate surface area is 129 Å². The number of amides is 1. The van der Waals surface area contributed by atoms with Crippen LogP contribution in [0.5, 0.6) is 0 Å². The monoisotopic (exact) mass is 308 g/mol. The second kappa shape index (κ2) is 5.09. The van der Waals surface area contributed by atoms with Crippen molar-refractivity contribution in [1.29, 1.82) is 0 Å². The Morgan fingerprint density at radius 3 is 2.87 bits per heavy atom. The number of aromatic amines is 2. The molecule has 0 aliphatic carbocycles. The number of benzene rings is 2. The molecule has 0 fully saturated rings. The summed E-state index contributed by atoms with van der Waals surface area (Å²) in [4.78, 5) is 28.7. The fourth-order valence-electron chi connectivity index (χ4n) is 2.48. The number of anilines is 1. The van der Waals surface area contributed by atoms with Crippen LogP contribution in [-0.4, -0.2) is 30.9 Å². The Bertz CT molecular complexity index is 1070. The minimum atomic E-state index is -0.280. The number of carbonyl (C=O) groups excluding carboxylic acids is 1. The zero-order chi connectivity index (χ0) is 15.8. The summed E-state index contributed by atoms with van der Waals surface area (Å²) in [6, 6.07) is 12.6. The lowest BCUT2D eigenvalue weighted by Gasteiger charge is -2.05. The van der Waals surface area contributed by atoms with Crippen molar-refractivity contribution >= 4 is 33.7 Å². The van der Waals surface area contributed by atoms with E-state index in [0.29, 0.717) is 16.7 Å². The van der Waals surface area contributed by atoms with Crippen LogP contribution in [0.15, 0.2) is 47.3 Å². The number of nitrogens with zero attached hydrogens (tertiary/aromatic N) is 3. The first-order chi connectivity index (χ1) is 11.2. The molecule has 0 aliphatic heterocycles. The fourth-order valence-corrected chi connectivity index (χ4v) is 2.48. The van der Waals surface area contributed by atoms with Crippen molar-refractivity contribution < 1.29 is 4.79 Å². The molecule has 0 spiro atoms. The van der Waals surface area contributed by atoms with E-state index in [2.05, 4.69) is 25.6 Å². The molecule has 2 aromatic carbocycles. The maximum Gasteiger partial charge on any atom is 0.323 e. The number of fused-ring (bicyclic) bond motifs is 2. The summed E-state index contributed by atoms with van der Waals surface area (Å²) >= 11 is 0. The summed E-state index contributed by atoms with van der Waals surface area (Å²) in [7, 11) is 0. The predicted molar refractivity (Wildman–Crippen MR) is 85.1 cm³/mol. The molecule has 3 N–H and O–H groups in total. The average molecular weight is 308 g/mol. The Morgan fingerprint density at radius 1 is 1.13 bits per heavy atom. The van der Waals surface area contributed by atoms with Gasteiger partial charge in [0.25, 0.3) is 0 Å². The van der Waals surface area contributed by atoms with E-state index in [4.69, 9.17) is 0 Å². The molecule has 1 amide bonds. The van der Waals surface area contributed by atoms with Crippen LogP contribution >= 0.6 is 0 Å². The highest BCUT2D eigenvalue weighted by molar-refractivity contribution is 5.93. The number of hydrogen-bond donors (Lipinski definition) is 3. The van der Waals surface area contributed by atoms with E-state index in [-0.39, 0.29) is 18.1 Å². The largest absolute Gasteiger partial charge is 0.324 e. The van der Waals surface area contributed by atoms with E-state index in [1.807, 2.05) is 24.3 Å². The van der Waals surface area contributed by atoms with Gasteiger partial charge in [0, 0.05) is 5.69 Å². The number of aromatic nitrogens is 5. The fraction of sp³-hybridized carbons (Fsp3) is 0.0667. The first kappa shape index (κ1) is 13.3. The smallest absolute Gasteiger partial charge is 0.323 e. The molecule has 8 heteroatoms. The zero-order valence-corrected chi connectivity index (χ0v) is 11.9. The number of rotatable bonds is 3. The van der Waals surface area contributed by atoms with Gasteiger partial charge in [0.2, 0.25) is 5.91 Å². The molecular weight excluding hydrogens is 296 g/mol. The van der Waals surface area contributed by atoms with Gasteiger partial charge in [-0.05, 0) is 30.3 Å². The molecule has 2 aromatic heterocycles. The average Bonchev–Trinajstić information content (AvgIpc) is 3.10. The second-order valence-electron chi connectivity index (χ2n) is 5.12. The first-order valence-electron chi connectivity index (χ1n) is 6.99. The minimum Gasteiger partial charge on any atom is -0.324 e. The van der Waals surface area contributed by atoms with Crippen molar-refractivity contribution in [2.75, 3.05) is 5.32 Å². The second-order valence-corrected chi connectivity index (χ2v) is 5.12. The molecule has 0 aliphatic rings. The maximum atomic E-state index is 12.2. The molecule has 0 bridgehead atoms. The van der Waals surface area contributed by atoms with Crippen molar-refractivity contribution in [2.45, 2.75) is 6.54 Å². The topological polar surface area (TPSA) is 108 Å². The van der Waals surface area contributed by atoms with Gasteiger partial charge in [-0.1, -0.05) is 17.3 Å². The van der Waals surface area contributed by atoms with Gasteiger partial charge in [0.1, 0.15) is 12.1 Å². The molecule has 23 heavy (non-hydrogen) atoms. The minimum absolute atomic E-state index is 0.0577. The lowest BCUT2D eigenvalue weighted by molar-refractivity contribution is -0.116. The van der Waals surface area contributed by atoms with Gasteiger partial charge < -0.3 is 15.3 Å². The molecule has 114 valence electrons. The Kier molecular flexibility index (Phi) is 2.94. The Balaban J connectivity index is 1.55. The molecule has 0 saturated carbocycles. The van der Waals surface area contributed by atoms with Crippen LogP contribution in [0.3, 0.4) is 0 Å². The van der Waals surface area contributed by atoms with Crippen molar-refractivity contribution in [2.24, 2.45) is 0 Å². The first-order valence-corrected chi connectivity index (χ1v) is 6.99. The lowest BCUT2D eigenvalue weighted by atomic mass is 10.2. The van der Waals surface area contributed by atoms with Gasteiger partial charge in [0.15, 0.2) is 0 Å². The number of imidazole rings is 1. The van der Waals surface area contributed by atoms with Crippen LogP contribution in [0.25, 0.3) is 22.1 Å². The summed E-state index contributed by atoms with van der Waals surface area (Å²) in [5.41, 5.74) is 3.19. The van der Waals surface area contributed by atoms with Gasteiger partial charge in [-0.3, -0.25) is 4.79 Å². The van der Waals surface area contributed by atoms with E-state index in [1.165, 1.54) is 0 Å². The number of H-pyrrole nitrogens is 2. The maximum absolute atomic E-state index is 12.2. The molecule has 4 rings (SSSR count). The molecule has 0 radical (unpaired) electrons. The van der Waals surface area contributed by atoms with Crippen LogP contribution in [-0.2, 0) is 11.3 Å². The standard InChI is InChI=1S/C15H12N6O2/c22-14(8-21-13-4-2-1-3-11(13)19-20-21)16-9-5-6-10-12(7-9)18-15(23)17-10/h1-7H,8H2,(H,16,22)(H2,17,18,23). The van der Waals surface area contributed by atoms with Gasteiger partial charge >= 0.3 is 5.69 Å². The number of hydrogen-bond acceptors (Lipinski definition) is 4. The molecule has 0 saturated heterocycles. The third kappa shape index (κ3) is 2.46. The van der Waals surface area contributed by atoms with Gasteiger partial charge in [0.05, 0.1) is 16.6 Å². The molecule has 0 unspecified atom stereocenters. The Hall–Kier alpha value is -3.42. The number of para-hydroxylation sites is 1. The van der Waals surface area contributed by atoms with Crippen LogP contribution in [0.4, 0.5) is 5.69 Å². The van der Waals surface area contributed by atoms with E-state index in [1.54, 1.807) is 22.9 Å². The van der Waals surface area contributed by atoms with E-state index >= 15 is 0 Å². The summed E-state index contributed by atoms with van der Waals surface area (Å²) < 4.78 is 1.54. The normalized spacial score (nSPS) is 11.1. The highest BCUT2D eigenvalue weighted by atomic mass is 16.2. The summed E-state index contributed by atoms with van der Waals surface area (Å²) in [6.45, 7) is 0.0577. The summed E-state index contributed by atoms with van der Waals surface area (Å²) in [5, 5.41) is 10.8. The van der Waals surface area contributed by atoms with Crippen molar-refractivity contribution in [3.63, 3.8) is 0 Å². The van der Waals surface area contributed by atoms with E-state index in [9.17, 15) is 9.59 Å². The third-order valence-corrected chi connectivity index (χ3v) is 3.51. The van der Waals surface area contributed by atoms with Gasteiger partial charge in [-0.15, -0.1) is 5.10 Å². The van der Waals surface area contributed by atoms with E-state index in [0.717, 1.165) is 11.0 Å². The van der Waals surface area contributed by atoms with Gasteiger partial charge in [-0.2, -0.15) is 0 Å². The zero-order valence-electron chi connectivity index (χ0n) is 11.9. The van der Waals surface area contributed by atoms with Crippen molar-refractivity contribution in [1.82, 2.24) is 25.0 Å². The molecular formula is C15H12N6O2. The Morgan fingerprint density at radius 2 is 1.96 bits per heavy atom. The highest BCUT2D eigenvalue weighted by Crippen LogP contribution is 2.15. The van der Waals surface area contributed by atoms with Crippen LogP contribution < -0.4 is 11.0 Å². The molecule has 8 nitrogen and oxygen atoms in total. The summed E-state index contributed by atoms with van der Waals surface area (Å²) in [5.74, 6) is -0.224. The highest BCUT2D eigenvalue weighted by Gasteiger charge is 2.09. The number of carbonyl (C=O) groups is 1. The van der Waals surface area contributed by atoms with Gasteiger partial charge in [-0.25, -0.2) is 9.48 Å². The SMILES string of the molecule is O=C(Cn1nnc2ccccc21)Nc1ccc2[nH]c(=O)[nH]c2c1. The number of nitrogens with one attached hydrogen (secondary N) is 3. The van der Waals surface area contributed by atoms with E-state index < -0.39 is 0 Å². The molecule has 0 atom stereocenters. The lowest BCUT2D eigenvalue weighted by Crippen LogP contribution is -2.19.